The van der Waals surface area contributed by atoms with Gasteiger partial charge in [-0.1, -0.05) is 0 Å². The topological polar surface area (TPSA) is 90.2 Å². The molecule has 4 unspecified atom stereocenters. The summed E-state index contributed by atoms with van der Waals surface area (Å²) >= 11 is 0. The molecule has 1 radical (unpaired) electrons. The molecule has 1 fully saturated rings. The van der Waals surface area contributed by atoms with Crippen LogP contribution >= 0.6 is 0 Å². The van der Waals surface area contributed by atoms with Crippen molar-refractivity contribution < 1.29 is 57.9 Å². The van der Waals surface area contributed by atoms with Gasteiger partial charge in [0.2, 0.25) is 0 Å². The standard InChI is InChI=1S/C6H11O5.Y/c7-2-4-6(10)3(8)1-5(9)11-4;/h1,3-10H,2H2;/q-1;. The normalized spacial score (nSPS) is 42.0. The van der Waals surface area contributed by atoms with E-state index >= 15 is 0 Å². The van der Waals surface area contributed by atoms with Gasteiger partial charge in [-0.3, -0.25) is 0 Å². The second-order valence-electron chi connectivity index (χ2n) is 2.42. The van der Waals surface area contributed by atoms with Crippen molar-refractivity contribution in [2.75, 3.05) is 6.61 Å². The molecule has 1 heterocycles. The summed E-state index contributed by atoms with van der Waals surface area (Å²) < 4.78 is 4.66. The van der Waals surface area contributed by atoms with E-state index in [4.69, 9.17) is 20.4 Å². The Bertz CT molecular complexity index is 133. The molecule has 1 aliphatic heterocycles. The van der Waals surface area contributed by atoms with Gasteiger partial charge in [0, 0.05) is 39.0 Å². The molecule has 0 spiro atoms. The van der Waals surface area contributed by atoms with Crippen molar-refractivity contribution in [1.82, 2.24) is 0 Å². The van der Waals surface area contributed by atoms with E-state index in [1.54, 1.807) is 0 Å². The molecule has 1 rings (SSSR count). The van der Waals surface area contributed by atoms with E-state index in [9.17, 15) is 0 Å². The number of hydrogen-bond acceptors (Lipinski definition) is 5. The van der Waals surface area contributed by atoms with Crippen LogP contribution in [-0.4, -0.2) is 51.6 Å². The molecule has 4 atom stereocenters. The minimum atomic E-state index is -1.22. The predicted octanol–water partition coefficient (Wildman–Crippen LogP) is -2.38. The summed E-state index contributed by atoms with van der Waals surface area (Å²) in [4.78, 5) is 0. The number of aliphatic hydroxyl groups excluding tert-OH is 4. The largest absolute Gasteiger partial charge is 0.422 e. The van der Waals surface area contributed by atoms with Gasteiger partial charge in [0.05, 0.1) is 12.7 Å². The average Bonchev–Trinajstić information content (AvgIpc) is 1.96. The molecule has 0 aromatic rings. The fraction of sp³-hybridized carbons (Fsp3) is 0.833. The maximum Gasteiger partial charge on any atom is 0.106 e. The second kappa shape index (κ2) is 5.60. The Morgan fingerprint density at radius 1 is 1.25 bits per heavy atom. The molecule has 12 heavy (non-hydrogen) atoms. The van der Waals surface area contributed by atoms with Crippen molar-refractivity contribution in [2.24, 2.45) is 0 Å². The summed E-state index contributed by atoms with van der Waals surface area (Å²) in [6.45, 7) is -0.427. The molecular formula is C6H11O5Y-. The van der Waals surface area contributed by atoms with E-state index in [0.717, 1.165) is 6.42 Å². The maximum atomic E-state index is 9.08. The Balaban J connectivity index is 0.00000121. The van der Waals surface area contributed by atoms with E-state index in [-0.39, 0.29) is 32.7 Å². The first-order chi connectivity index (χ1) is 5.15. The Morgan fingerprint density at radius 2 is 1.83 bits per heavy atom. The zero-order valence-electron chi connectivity index (χ0n) is 6.37. The molecule has 69 valence electrons. The summed E-state index contributed by atoms with van der Waals surface area (Å²) in [5.74, 6) is 0. The van der Waals surface area contributed by atoms with Gasteiger partial charge in [-0.25, -0.2) is 6.42 Å². The van der Waals surface area contributed by atoms with Crippen LogP contribution in [0.4, 0.5) is 0 Å². The van der Waals surface area contributed by atoms with Crippen LogP contribution in [-0.2, 0) is 37.4 Å². The first-order valence-corrected chi connectivity index (χ1v) is 3.30. The van der Waals surface area contributed by atoms with E-state index in [2.05, 4.69) is 4.74 Å². The molecule has 0 aliphatic carbocycles. The van der Waals surface area contributed by atoms with Crippen molar-refractivity contribution in [3.63, 3.8) is 0 Å². The van der Waals surface area contributed by atoms with Gasteiger partial charge < -0.3 is 25.2 Å². The van der Waals surface area contributed by atoms with Crippen LogP contribution in [0.15, 0.2) is 0 Å². The van der Waals surface area contributed by atoms with Crippen molar-refractivity contribution in [3.05, 3.63) is 6.42 Å². The molecule has 0 saturated carbocycles. The maximum absolute atomic E-state index is 9.08. The van der Waals surface area contributed by atoms with Gasteiger partial charge in [0.25, 0.3) is 0 Å². The van der Waals surface area contributed by atoms with Crippen LogP contribution in [0, 0.1) is 6.42 Å². The zero-order chi connectivity index (χ0) is 8.43. The van der Waals surface area contributed by atoms with Gasteiger partial charge in [0.1, 0.15) is 6.10 Å². The van der Waals surface area contributed by atoms with E-state index in [0.29, 0.717) is 0 Å². The summed E-state index contributed by atoms with van der Waals surface area (Å²) in [5.41, 5.74) is 0. The van der Waals surface area contributed by atoms with Gasteiger partial charge in [-0.15, -0.1) is 0 Å². The number of hydrogen-bond donors (Lipinski definition) is 4. The van der Waals surface area contributed by atoms with Crippen LogP contribution in [0.1, 0.15) is 0 Å². The summed E-state index contributed by atoms with van der Waals surface area (Å²) in [7, 11) is 0. The minimum Gasteiger partial charge on any atom is -0.422 e. The molecule has 1 saturated heterocycles. The Labute approximate surface area is 95.2 Å². The van der Waals surface area contributed by atoms with Crippen molar-refractivity contribution >= 4 is 0 Å². The molecule has 5 nitrogen and oxygen atoms in total. The number of aliphatic hydroxyl groups is 4. The van der Waals surface area contributed by atoms with Gasteiger partial charge in [0.15, 0.2) is 0 Å². The van der Waals surface area contributed by atoms with Crippen LogP contribution in [0.5, 0.6) is 0 Å². The summed E-state index contributed by atoms with van der Waals surface area (Å²) in [6.07, 6.45) is -3.38. The smallest absolute Gasteiger partial charge is 0.106 e. The fourth-order valence-electron chi connectivity index (χ4n) is 0.958. The first kappa shape index (κ1) is 12.9. The average molecular weight is 252 g/mol. The SMILES string of the molecule is OCC1OC(O)[CH-]C(O)C1O.[Y]. The van der Waals surface area contributed by atoms with E-state index in [1.807, 2.05) is 0 Å². The molecule has 0 aromatic heterocycles. The van der Waals surface area contributed by atoms with Crippen LogP contribution < -0.4 is 0 Å². The van der Waals surface area contributed by atoms with Crippen LogP contribution in [0.3, 0.4) is 0 Å². The monoisotopic (exact) mass is 252 g/mol. The number of ether oxygens (including phenoxy) is 1. The van der Waals surface area contributed by atoms with E-state index < -0.39 is 31.2 Å². The fourth-order valence-corrected chi connectivity index (χ4v) is 0.958. The third-order valence-electron chi connectivity index (χ3n) is 1.59. The van der Waals surface area contributed by atoms with Crippen molar-refractivity contribution in [2.45, 2.75) is 24.6 Å². The Kier molecular flexibility index (Phi) is 6.02. The van der Waals surface area contributed by atoms with Gasteiger partial charge in [-0.2, -0.15) is 0 Å². The molecular weight excluding hydrogens is 241 g/mol. The van der Waals surface area contributed by atoms with Crippen LogP contribution in [0.2, 0.25) is 0 Å². The first-order valence-electron chi connectivity index (χ1n) is 3.30. The number of rotatable bonds is 1. The van der Waals surface area contributed by atoms with Crippen molar-refractivity contribution in [1.29, 1.82) is 0 Å². The summed E-state index contributed by atoms with van der Waals surface area (Å²) in [5, 5.41) is 35.5. The Morgan fingerprint density at radius 3 is 2.33 bits per heavy atom. The molecule has 6 heteroatoms. The third-order valence-corrected chi connectivity index (χ3v) is 1.59. The van der Waals surface area contributed by atoms with Gasteiger partial charge >= 0.3 is 0 Å². The van der Waals surface area contributed by atoms with E-state index in [1.165, 1.54) is 0 Å². The molecule has 0 amide bonds. The minimum absolute atomic E-state index is 0. The quantitative estimate of drug-likeness (QED) is 0.391. The van der Waals surface area contributed by atoms with Crippen molar-refractivity contribution in [3.8, 4) is 0 Å². The molecule has 0 bridgehead atoms. The van der Waals surface area contributed by atoms with Gasteiger partial charge in [-0.05, 0) is 6.10 Å². The predicted molar refractivity (Wildman–Crippen MR) is 34.3 cm³/mol. The third kappa shape index (κ3) is 2.99. The zero-order valence-corrected chi connectivity index (χ0v) is 9.21. The Hall–Kier alpha value is 0.904. The van der Waals surface area contributed by atoms with Crippen LogP contribution in [0.25, 0.3) is 0 Å². The molecule has 1 aliphatic rings. The molecule has 4 N–H and O–H groups in total. The molecule has 0 aromatic carbocycles. The summed E-state index contributed by atoms with van der Waals surface area (Å²) in [6, 6.07) is 0. The second-order valence-corrected chi connectivity index (χ2v) is 2.42.